The molecule has 2 N–H and O–H groups in total. The number of carbonyl (C=O) groups excluding carboxylic acids is 1. The number of aromatic nitrogens is 4. The third-order valence-corrected chi connectivity index (χ3v) is 1.78. The van der Waals surface area contributed by atoms with Crippen LogP contribution in [0.25, 0.3) is 11.2 Å². The first-order valence-electron chi connectivity index (χ1n) is 4.25. The van der Waals surface area contributed by atoms with E-state index in [2.05, 4.69) is 25.3 Å². The van der Waals surface area contributed by atoms with Gasteiger partial charge >= 0.3 is 0 Å². The Morgan fingerprint density at radius 2 is 2.36 bits per heavy atom. The van der Waals surface area contributed by atoms with E-state index < -0.39 is 0 Å². The molecular formula is C8H9N5O. The molecule has 0 saturated carbocycles. The van der Waals surface area contributed by atoms with Crippen molar-refractivity contribution in [2.45, 2.75) is 6.92 Å². The zero-order valence-electron chi connectivity index (χ0n) is 7.61. The highest BCUT2D eigenvalue weighted by atomic mass is 16.1. The lowest BCUT2D eigenvalue weighted by atomic mass is 10.3. The van der Waals surface area contributed by atoms with Gasteiger partial charge in [0.1, 0.15) is 11.8 Å². The van der Waals surface area contributed by atoms with Crippen molar-refractivity contribution in [1.29, 1.82) is 0 Å². The molecule has 2 heterocycles. The zero-order valence-corrected chi connectivity index (χ0v) is 7.61. The van der Waals surface area contributed by atoms with Gasteiger partial charge in [-0.05, 0) is 6.92 Å². The number of hydrogen-bond donors (Lipinski definition) is 2. The van der Waals surface area contributed by atoms with E-state index >= 15 is 0 Å². The molecule has 0 bridgehead atoms. The molecule has 0 fully saturated rings. The Kier molecular flexibility index (Phi) is 2.10. The van der Waals surface area contributed by atoms with Crippen LogP contribution in [-0.4, -0.2) is 32.4 Å². The number of carbonyl (C=O) groups is 1. The Hall–Kier alpha value is -1.98. The minimum atomic E-state index is -0.218. The molecule has 0 saturated heterocycles. The van der Waals surface area contributed by atoms with E-state index in [4.69, 9.17) is 0 Å². The topological polar surface area (TPSA) is 83.6 Å². The summed E-state index contributed by atoms with van der Waals surface area (Å²) in [5.41, 5.74) is 1.40. The lowest BCUT2D eigenvalue weighted by molar-refractivity contribution is 0.0952. The van der Waals surface area contributed by atoms with Crippen LogP contribution < -0.4 is 5.32 Å². The molecule has 0 aliphatic heterocycles. The van der Waals surface area contributed by atoms with Crippen LogP contribution in [0.1, 0.15) is 17.4 Å². The van der Waals surface area contributed by atoms with Gasteiger partial charge in [0.2, 0.25) is 0 Å². The lowest BCUT2D eigenvalue weighted by Gasteiger charge is -2.00. The SMILES string of the molecule is CCNC(=O)c1ncnc2nc[nH]c12. The predicted molar refractivity (Wildman–Crippen MR) is 49.7 cm³/mol. The molecule has 0 aliphatic carbocycles. The van der Waals surface area contributed by atoms with Crippen LogP contribution in [0.5, 0.6) is 0 Å². The fraction of sp³-hybridized carbons (Fsp3) is 0.250. The summed E-state index contributed by atoms with van der Waals surface area (Å²) in [4.78, 5) is 26.1. The smallest absolute Gasteiger partial charge is 0.272 e. The highest BCUT2D eigenvalue weighted by Gasteiger charge is 2.12. The van der Waals surface area contributed by atoms with Gasteiger partial charge in [0.25, 0.3) is 5.91 Å². The van der Waals surface area contributed by atoms with Gasteiger partial charge in [-0.3, -0.25) is 4.79 Å². The molecule has 14 heavy (non-hydrogen) atoms. The first kappa shape index (κ1) is 8.61. The average Bonchev–Trinajstić information content (AvgIpc) is 2.65. The Morgan fingerprint density at radius 1 is 1.50 bits per heavy atom. The highest BCUT2D eigenvalue weighted by Crippen LogP contribution is 2.08. The normalized spacial score (nSPS) is 10.4. The summed E-state index contributed by atoms with van der Waals surface area (Å²) in [6.07, 6.45) is 2.82. The Morgan fingerprint density at radius 3 is 3.14 bits per heavy atom. The van der Waals surface area contributed by atoms with E-state index in [-0.39, 0.29) is 5.91 Å². The van der Waals surface area contributed by atoms with Crippen molar-refractivity contribution in [3.8, 4) is 0 Å². The van der Waals surface area contributed by atoms with Gasteiger partial charge in [-0.25, -0.2) is 15.0 Å². The lowest BCUT2D eigenvalue weighted by Crippen LogP contribution is -2.24. The van der Waals surface area contributed by atoms with Crippen LogP contribution in [-0.2, 0) is 0 Å². The summed E-state index contributed by atoms with van der Waals surface area (Å²) >= 11 is 0. The second kappa shape index (κ2) is 3.41. The molecule has 0 aliphatic rings. The largest absolute Gasteiger partial charge is 0.351 e. The van der Waals surface area contributed by atoms with Gasteiger partial charge in [-0.2, -0.15) is 0 Å². The van der Waals surface area contributed by atoms with Crippen LogP contribution >= 0.6 is 0 Å². The number of nitrogens with zero attached hydrogens (tertiary/aromatic N) is 3. The molecule has 0 atom stereocenters. The number of nitrogens with one attached hydrogen (secondary N) is 2. The fourth-order valence-electron chi connectivity index (χ4n) is 1.18. The maximum Gasteiger partial charge on any atom is 0.272 e. The van der Waals surface area contributed by atoms with Crippen molar-refractivity contribution >= 4 is 17.1 Å². The summed E-state index contributed by atoms with van der Waals surface area (Å²) in [7, 11) is 0. The molecule has 6 nitrogen and oxygen atoms in total. The fourth-order valence-corrected chi connectivity index (χ4v) is 1.18. The van der Waals surface area contributed by atoms with Gasteiger partial charge < -0.3 is 10.3 Å². The third kappa shape index (κ3) is 1.30. The second-order valence-electron chi connectivity index (χ2n) is 2.68. The first-order valence-corrected chi connectivity index (χ1v) is 4.25. The van der Waals surface area contributed by atoms with Crippen molar-refractivity contribution in [3.63, 3.8) is 0 Å². The van der Waals surface area contributed by atoms with E-state index in [9.17, 15) is 4.79 Å². The van der Waals surface area contributed by atoms with E-state index in [0.29, 0.717) is 23.4 Å². The maximum absolute atomic E-state index is 11.5. The third-order valence-electron chi connectivity index (χ3n) is 1.78. The average molecular weight is 191 g/mol. The number of hydrogen-bond acceptors (Lipinski definition) is 4. The van der Waals surface area contributed by atoms with E-state index in [1.165, 1.54) is 12.7 Å². The number of H-pyrrole nitrogens is 1. The van der Waals surface area contributed by atoms with Crippen molar-refractivity contribution in [1.82, 2.24) is 25.3 Å². The molecule has 2 aromatic heterocycles. The summed E-state index contributed by atoms with van der Waals surface area (Å²) in [5.74, 6) is -0.218. The minimum absolute atomic E-state index is 0.218. The zero-order chi connectivity index (χ0) is 9.97. The minimum Gasteiger partial charge on any atom is -0.351 e. The van der Waals surface area contributed by atoms with Crippen molar-refractivity contribution in [2.75, 3.05) is 6.54 Å². The molecule has 0 radical (unpaired) electrons. The number of amides is 1. The predicted octanol–water partition coefficient (Wildman–Crippen LogP) is 0.103. The van der Waals surface area contributed by atoms with Gasteiger partial charge in [-0.15, -0.1) is 0 Å². The molecule has 6 heteroatoms. The summed E-state index contributed by atoms with van der Waals surface area (Å²) in [6.45, 7) is 2.42. The maximum atomic E-state index is 11.5. The van der Waals surface area contributed by atoms with Crippen LogP contribution in [0.2, 0.25) is 0 Å². The number of rotatable bonds is 2. The van der Waals surface area contributed by atoms with Crippen LogP contribution in [0.3, 0.4) is 0 Å². The summed E-state index contributed by atoms with van der Waals surface area (Å²) in [6, 6.07) is 0. The number of aromatic amines is 1. The first-order chi connectivity index (χ1) is 6.83. The molecule has 72 valence electrons. The molecule has 2 rings (SSSR count). The molecule has 0 spiro atoms. The number of imidazole rings is 1. The quantitative estimate of drug-likeness (QED) is 0.705. The van der Waals surface area contributed by atoms with E-state index in [1.807, 2.05) is 6.92 Å². The Labute approximate surface area is 79.8 Å². The van der Waals surface area contributed by atoms with Gasteiger partial charge in [0.15, 0.2) is 11.3 Å². The van der Waals surface area contributed by atoms with E-state index in [1.54, 1.807) is 0 Å². The van der Waals surface area contributed by atoms with Crippen molar-refractivity contribution in [3.05, 3.63) is 18.3 Å². The van der Waals surface area contributed by atoms with Crippen LogP contribution in [0, 0.1) is 0 Å². The van der Waals surface area contributed by atoms with Crippen molar-refractivity contribution < 1.29 is 4.79 Å². The highest BCUT2D eigenvalue weighted by molar-refractivity contribution is 6.01. The van der Waals surface area contributed by atoms with Crippen LogP contribution in [0.15, 0.2) is 12.7 Å². The molecular weight excluding hydrogens is 182 g/mol. The summed E-state index contributed by atoms with van der Waals surface area (Å²) in [5, 5.41) is 2.67. The molecule has 0 unspecified atom stereocenters. The van der Waals surface area contributed by atoms with E-state index in [0.717, 1.165) is 0 Å². The monoisotopic (exact) mass is 191 g/mol. The molecule has 1 amide bonds. The number of fused-ring (bicyclic) bond motifs is 1. The summed E-state index contributed by atoms with van der Waals surface area (Å²) < 4.78 is 0. The van der Waals surface area contributed by atoms with Gasteiger partial charge in [0, 0.05) is 6.54 Å². The standard InChI is InChI=1S/C8H9N5O/c1-2-9-8(14)6-5-7(12-3-10-5)13-4-11-6/h3-4H,2H2,1H3,(H,9,14)(H,10,11,12,13). The van der Waals surface area contributed by atoms with Crippen LogP contribution in [0.4, 0.5) is 0 Å². The molecule has 0 aromatic carbocycles. The van der Waals surface area contributed by atoms with Gasteiger partial charge in [-0.1, -0.05) is 0 Å². The Balaban J connectivity index is 2.50. The molecule has 2 aromatic rings. The Bertz CT molecular complexity index is 463. The van der Waals surface area contributed by atoms with Crippen molar-refractivity contribution in [2.24, 2.45) is 0 Å². The second-order valence-corrected chi connectivity index (χ2v) is 2.68. The van der Waals surface area contributed by atoms with Gasteiger partial charge in [0.05, 0.1) is 6.33 Å².